The van der Waals surface area contributed by atoms with Gasteiger partial charge in [-0.25, -0.2) is 14.4 Å². The van der Waals surface area contributed by atoms with Crippen molar-refractivity contribution in [3.8, 4) is 0 Å². The van der Waals surface area contributed by atoms with E-state index in [9.17, 15) is 14.4 Å². The van der Waals surface area contributed by atoms with Crippen LogP contribution in [0.25, 0.3) is 0 Å². The van der Waals surface area contributed by atoms with Gasteiger partial charge in [0.05, 0.1) is 0 Å². The first-order chi connectivity index (χ1) is 17.7. The number of nitrogens with one attached hydrogen (secondary N) is 3. The Bertz CT molecular complexity index is 889. The summed E-state index contributed by atoms with van der Waals surface area (Å²) in [6.45, 7) is 8.21. The summed E-state index contributed by atoms with van der Waals surface area (Å²) >= 11 is 0. The van der Waals surface area contributed by atoms with Crippen LogP contribution in [0.1, 0.15) is 31.9 Å². The van der Waals surface area contributed by atoms with E-state index in [-0.39, 0.29) is 13.2 Å². The van der Waals surface area contributed by atoms with Crippen LogP contribution in [0.5, 0.6) is 0 Å². The minimum Gasteiger partial charge on any atom is -0.445 e. The molecule has 0 aliphatic rings. The molecule has 0 aliphatic carbocycles. The Morgan fingerprint density at radius 3 is 1.41 bits per heavy atom. The van der Waals surface area contributed by atoms with Crippen LogP contribution >= 0.6 is 0 Å². The van der Waals surface area contributed by atoms with Gasteiger partial charge in [-0.15, -0.1) is 0 Å². The second kappa shape index (κ2) is 16.1. The SMILES string of the molecule is CC(C)(C)OC(=O)NCCN(CCNC(=O)OCc1ccccc1)CCNC(=O)OCc1ccccc1. The van der Waals surface area contributed by atoms with Crippen molar-refractivity contribution in [1.29, 1.82) is 0 Å². The van der Waals surface area contributed by atoms with E-state index >= 15 is 0 Å². The highest BCUT2D eigenvalue weighted by molar-refractivity contribution is 5.68. The van der Waals surface area contributed by atoms with E-state index in [1.54, 1.807) is 20.8 Å². The Balaban J connectivity index is 1.73. The molecule has 0 fully saturated rings. The zero-order chi connectivity index (χ0) is 26.9. The normalized spacial score (nSPS) is 10.9. The first-order valence-corrected chi connectivity index (χ1v) is 12.3. The average molecular weight is 515 g/mol. The number of alkyl carbamates (subject to hydrolysis) is 3. The summed E-state index contributed by atoms with van der Waals surface area (Å²) in [5.41, 5.74) is 1.22. The van der Waals surface area contributed by atoms with E-state index < -0.39 is 23.9 Å². The lowest BCUT2D eigenvalue weighted by Gasteiger charge is -2.24. The molecule has 0 saturated carbocycles. The highest BCUT2D eigenvalue weighted by Crippen LogP contribution is 2.06. The van der Waals surface area contributed by atoms with Crippen LogP contribution in [0.15, 0.2) is 60.7 Å². The third-order valence-corrected chi connectivity index (χ3v) is 4.92. The molecule has 202 valence electrons. The summed E-state index contributed by atoms with van der Waals surface area (Å²) in [6.07, 6.45) is -1.53. The number of nitrogens with zero attached hydrogens (tertiary/aromatic N) is 1. The quantitative estimate of drug-likeness (QED) is 0.349. The van der Waals surface area contributed by atoms with Gasteiger partial charge in [0.15, 0.2) is 0 Å². The van der Waals surface area contributed by atoms with E-state index in [1.165, 1.54) is 0 Å². The highest BCUT2D eigenvalue weighted by atomic mass is 16.6. The van der Waals surface area contributed by atoms with Gasteiger partial charge in [0.2, 0.25) is 0 Å². The fraction of sp³-hybridized carbons (Fsp3) is 0.444. The predicted molar refractivity (Wildman–Crippen MR) is 140 cm³/mol. The van der Waals surface area contributed by atoms with E-state index in [1.807, 2.05) is 65.6 Å². The summed E-state index contributed by atoms with van der Waals surface area (Å²) in [6, 6.07) is 18.8. The molecule has 2 aromatic carbocycles. The Hall–Kier alpha value is -3.79. The molecule has 0 heterocycles. The Kier molecular flexibility index (Phi) is 12.8. The zero-order valence-corrected chi connectivity index (χ0v) is 21.8. The second-order valence-corrected chi connectivity index (χ2v) is 9.25. The standard InChI is InChI=1S/C27H38N4O6/c1-27(2,3)37-26(34)30-16-19-31(17-14-28-24(32)35-20-22-10-6-4-7-11-22)18-15-29-25(33)36-21-23-12-8-5-9-13-23/h4-13H,14-21H2,1-3H3,(H,28,32)(H,29,33)(H,30,34). The first kappa shape index (κ1) is 29.4. The third-order valence-electron chi connectivity index (χ3n) is 4.92. The molecule has 0 atom stereocenters. The second-order valence-electron chi connectivity index (χ2n) is 9.25. The minimum atomic E-state index is -0.585. The minimum absolute atomic E-state index is 0.186. The van der Waals surface area contributed by atoms with Gasteiger partial charge < -0.3 is 30.2 Å². The molecule has 0 aliphatic heterocycles. The van der Waals surface area contributed by atoms with Crippen LogP contribution in [0.3, 0.4) is 0 Å². The monoisotopic (exact) mass is 514 g/mol. The summed E-state index contributed by atoms with van der Waals surface area (Å²) in [7, 11) is 0. The van der Waals surface area contributed by atoms with Gasteiger partial charge in [-0.1, -0.05) is 60.7 Å². The largest absolute Gasteiger partial charge is 0.445 e. The van der Waals surface area contributed by atoms with Crippen LogP contribution in [0.2, 0.25) is 0 Å². The van der Waals surface area contributed by atoms with E-state index in [0.29, 0.717) is 39.3 Å². The van der Waals surface area contributed by atoms with Crippen molar-refractivity contribution in [2.24, 2.45) is 0 Å². The number of hydrogen-bond acceptors (Lipinski definition) is 7. The fourth-order valence-corrected chi connectivity index (χ4v) is 3.15. The van der Waals surface area contributed by atoms with Crippen molar-refractivity contribution in [3.05, 3.63) is 71.8 Å². The molecule has 0 spiro atoms. The Labute approximate surface area is 218 Å². The average Bonchev–Trinajstić information content (AvgIpc) is 2.86. The molecular formula is C27H38N4O6. The number of carbonyl (C=O) groups is 3. The number of benzene rings is 2. The lowest BCUT2D eigenvalue weighted by molar-refractivity contribution is 0.0522. The molecule has 37 heavy (non-hydrogen) atoms. The van der Waals surface area contributed by atoms with Gasteiger partial charge in [0.1, 0.15) is 18.8 Å². The molecule has 0 unspecified atom stereocenters. The third kappa shape index (κ3) is 14.4. The number of hydrogen-bond donors (Lipinski definition) is 3. The number of ether oxygens (including phenoxy) is 3. The van der Waals surface area contributed by atoms with E-state index in [0.717, 1.165) is 11.1 Å². The van der Waals surface area contributed by atoms with Crippen molar-refractivity contribution in [2.75, 3.05) is 39.3 Å². The number of carbonyl (C=O) groups excluding carboxylic acids is 3. The lowest BCUT2D eigenvalue weighted by atomic mass is 10.2. The van der Waals surface area contributed by atoms with Crippen molar-refractivity contribution in [3.63, 3.8) is 0 Å². The van der Waals surface area contributed by atoms with Gasteiger partial charge in [-0.2, -0.15) is 0 Å². The van der Waals surface area contributed by atoms with Gasteiger partial charge in [-0.05, 0) is 31.9 Å². The molecule has 10 heteroatoms. The molecule has 3 N–H and O–H groups in total. The molecule has 2 aromatic rings. The molecule has 2 rings (SSSR count). The van der Waals surface area contributed by atoms with Crippen LogP contribution in [-0.4, -0.2) is 68.0 Å². The Morgan fingerprint density at radius 2 is 1.03 bits per heavy atom. The number of rotatable bonds is 13. The van der Waals surface area contributed by atoms with Crippen molar-refractivity contribution < 1.29 is 28.6 Å². The number of amides is 3. The van der Waals surface area contributed by atoms with E-state index in [4.69, 9.17) is 14.2 Å². The molecule has 3 amide bonds. The topological polar surface area (TPSA) is 118 Å². The van der Waals surface area contributed by atoms with Crippen LogP contribution in [-0.2, 0) is 27.4 Å². The molecule has 0 bridgehead atoms. The van der Waals surface area contributed by atoms with Crippen LogP contribution < -0.4 is 16.0 Å². The maximum Gasteiger partial charge on any atom is 0.407 e. The molecule has 0 radical (unpaired) electrons. The molecule has 10 nitrogen and oxygen atoms in total. The van der Waals surface area contributed by atoms with Gasteiger partial charge in [-0.3, -0.25) is 4.90 Å². The lowest BCUT2D eigenvalue weighted by Crippen LogP contribution is -2.43. The van der Waals surface area contributed by atoms with Gasteiger partial charge in [0.25, 0.3) is 0 Å². The summed E-state index contributed by atoms with van der Waals surface area (Å²) in [5.74, 6) is 0. The summed E-state index contributed by atoms with van der Waals surface area (Å²) < 4.78 is 15.7. The van der Waals surface area contributed by atoms with Gasteiger partial charge in [0, 0.05) is 39.3 Å². The van der Waals surface area contributed by atoms with Crippen molar-refractivity contribution >= 4 is 18.3 Å². The molecular weight excluding hydrogens is 476 g/mol. The summed E-state index contributed by atoms with van der Waals surface area (Å²) in [4.78, 5) is 38.0. The maximum atomic E-state index is 12.0. The van der Waals surface area contributed by atoms with E-state index in [2.05, 4.69) is 16.0 Å². The molecule has 0 saturated heterocycles. The predicted octanol–water partition coefficient (Wildman–Crippen LogP) is 3.67. The summed E-state index contributed by atoms with van der Waals surface area (Å²) in [5, 5.41) is 8.17. The fourth-order valence-electron chi connectivity index (χ4n) is 3.15. The Morgan fingerprint density at radius 1 is 0.649 bits per heavy atom. The van der Waals surface area contributed by atoms with Crippen LogP contribution in [0.4, 0.5) is 14.4 Å². The smallest absolute Gasteiger partial charge is 0.407 e. The highest BCUT2D eigenvalue weighted by Gasteiger charge is 2.16. The van der Waals surface area contributed by atoms with Crippen molar-refractivity contribution in [2.45, 2.75) is 39.6 Å². The molecule has 0 aromatic heterocycles. The first-order valence-electron chi connectivity index (χ1n) is 12.3. The zero-order valence-electron chi connectivity index (χ0n) is 21.8. The van der Waals surface area contributed by atoms with Crippen molar-refractivity contribution in [1.82, 2.24) is 20.9 Å². The maximum absolute atomic E-state index is 12.0. The van der Waals surface area contributed by atoms with Gasteiger partial charge >= 0.3 is 18.3 Å². The van der Waals surface area contributed by atoms with Crippen LogP contribution in [0, 0.1) is 0 Å².